The molecule has 140 valence electrons. The van der Waals surface area contributed by atoms with E-state index in [-0.39, 0.29) is 0 Å². The monoisotopic (exact) mass is 361 g/mol. The van der Waals surface area contributed by atoms with Gasteiger partial charge in [-0.2, -0.15) is 0 Å². The second-order valence-electron chi connectivity index (χ2n) is 7.14. The van der Waals surface area contributed by atoms with Gasteiger partial charge in [-0.1, -0.05) is 25.1 Å². The van der Waals surface area contributed by atoms with Gasteiger partial charge in [0.25, 0.3) is 0 Å². The van der Waals surface area contributed by atoms with Gasteiger partial charge in [0.1, 0.15) is 0 Å². The first-order valence-corrected chi connectivity index (χ1v) is 9.82. The Labute approximate surface area is 161 Å². The van der Waals surface area contributed by atoms with E-state index in [0.717, 1.165) is 38.4 Å². The SMILES string of the molecule is CC[C@@H](C)n1cc(C=Nc2ccc(N3CCOCC3)cc2)c2ccccc21. The molecule has 0 radical (unpaired) electrons. The fraction of sp³-hybridized carbons (Fsp3) is 0.348. The number of fused-ring (bicyclic) bond motifs is 1. The molecule has 0 bridgehead atoms. The summed E-state index contributed by atoms with van der Waals surface area (Å²) in [4.78, 5) is 7.09. The Morgan fingerprint density at radius 3 is 2.56 bits per heavy atom. The minimum Gasteiger partial charge on any atom is -0.378 e. The van der Waals surface area contributed by atoms with Crippen LogP contribution in [0.1, 0.15) is 31.9 Å². The normalized spacial score (nSPS) is 16.3. The molecular weight excluding hydrogens is 334 g/mol. The Hall–Kier alpha value is -2.59. The van der Waals surface area contributed by atoms with Gasteiger partial charge in [-0.15, -0.1) is 0 Å². The number of aromatic nitrogens is 1. The van der Waals surface area contributed by atoms with Crippen molar-refractivity contribution in [3.05, 3.63) is 60.3 Å². The van der Waals surface area contributed by atoms with Crippen LogP contribution in [0, 0.1) is 0 Å². The molecule has 0 N–H and O–H groups in total. The molecule has 1 saturated heterocycles. The van der Waals surface area contributed by atoms with Crippen LogP contribution in [0.15, 0.2) is 59.7 Å². The van der Waals surface area contributed by atoms with Crippen molar-refractivity contribution in [3.63, 3.8) is 0 Å². The molecule has 0 spiro atoms. The molecule has 4 heteroatoms. The maximum Gasteiger partial charge on any atom is 0.0642 e. The molecule has 0 amide bonds. The lowest BCUT2D eigenvalue weighted by Crippen LogP contribution is -2.36. The standard InChI is InChI=1S/C23H27N3O/c1-3-18(2)26-17-19(22-6-4-5-7-23(22)26)16-24-20-8-10-21(11-9-20)25-12-14-27-15-13-25/h4-11,16-18H,3,12-15H2,1-2H3/t18-/m1/s1. The van der Waals surface area contributed by atoms with E-state index in [1.54, 1.807) is 0 Å². The van der Waals surface area contributed by atoms with Gasteiger partial charge < -0.3 is 14.2 Å². The van der Waals surface area contributed by atoms with Gasteiger partial charge in [0.05, 0.1) is 18.9 Å². The number of nitrogens with zero attached hydrogens (tertiary/aromatic N) is 3. The van der Waals surface area contributed by atoms with Crippen LogP contribution in [0.5, 0.6) is 0 Å². The third-order valence-electron chi connectivity index (χ3n) is 5.42. The van der Waals surface area contributed by atoms with Crippen LogP contribution in [0.2, 0.25) is 0 Å². The van der Waals surface area contributed by atoms with E-state index in [1.165, 1.54) is 22.2 Å². The van der Waals surface area contributed by atoms with Crippen molar-refractivity contribution in [2.75, 3.05) is 31.2 Å². The molecule has 2 aromatic carbocycles. The highest BCUT2D eigenvalue weighted by atomic mass is 16.5. The van der Waals surface area contributed by atoms with Crippen LogP contribution in [0.3, 0.4) is 0 Å². The molecule has 4 nitrogen and oxygen atoms in total. The van der Waals surface area contributed by atoms with E-state index in [2.05, 4.69) is 78.0 Å². The third kappa shape index (κ3) is 3.76. The Morgan fingerprint density at radius 2 is 1.81 bits per heavy atom. The quantitative estimate of drug-likeness (QED) is 0.585. The lowest BCUT2D eigenvalue weighted by Gasteiger charge is -2.28. The van der Waals surface area contributed by atoms with E-state index in [1.807, 2.05) is 6.21 Å². The smallest absolute Gasteiger partial charge is 0.0642 e. The number of ether oxygens (including phenoxy) is 1. The van der Waals surface area contributed by atoms with Crippen molar-refractivity contribution >= 4 is 28.5 Å². The van der Waals surface area contributed by atoms with Crippen molar-refractivity contribution in [1.82, 2.24) is 4.57 Å². The molecular formula is C23H27N3O. The second-order valence-corrected chi connectivity index (χ2v) is 7.14. The number of morpholine rings is 1. The predicted molar refractivity (Wildman–Crippen MR) is 114 cm³/mol. The summed E-state index contributed by atoms with van der Waals surface area (Å²) in [6, 6.07) is 17.5. The van der Waals surface area contributed by atoms with Crippen LogP contribution >= 0.6 is 0 Å². The van der Waals surface area contributed by atoms with Crippen molar-refractivity contribution in [2.45, 2.75) is 26.3 Å². The number of hydrogen-bond acceptors (Lipinski definition) is 3. The van der Waals surface area contributed by atoms with Crippen LogP contribution < -0.4 is 4.90 Å². The Kier molecular flexibility index (Phi) is 5.26. The Morgan fingerprint density at radius 1 is 1.07 bits per heavy atom. The molecule has 1 aliphatic rings. The number of hydrogen-bond donors (Lipinski definition) is 0. The fourth-order valence-corrected chi connectivity index (χ4v) is 3.61. The summed E-state index contributed by atoms with van der Waals surface area (Å²) in [6.07, 6.45) is 5.33. The summed E-state index contributed by atoms with van der Waals surface area (Å²) in [5.41, 5.74) is 4.66. The molecule has 1 aromatic heterocycles. The van der Waals surface area contributed by atoms with Gasteiger partial charge >= 0.3 is 0 Å². The van der Waals surface area contributed by atoms with Gasteiger partial charge in [0, 0.05) is 53.7 Å². The van der Waals surface area contributed by atoms with E-state index >= 15 is 0 Å². The minimum atomic E-state index is 0.477. The first-order valence-electron chi connectivity index (χ1n) is 9.82. The topological polar surface area (TPSA) is 29.8 Å². The number of aliphatic imine (C=N–C) groups is 1. The number of rotatable bonds is 5. The molecule has 1 fully saturated rings. The average molecular weight is 361 g/mol. The van der Waals surface area contributed by atoms with E-state index in [9.17, 15) is 0 Å². The number of anilines is 1. The molecule has 0 aliphatic carbocycles. The molecule has 3 aromatic rings. The summed E-state index contributed by atoms with van der Waals surface area (Å²) in [5.74, 6) is 0. The van der Waals surface area contributed by atoms with Crippen LogP contribution in [0.25, 0.3) is 10.9 Å². The lowest BCUT2D eigenvalue weighted by atomic mass is 10.2. The molecule has 1 atom stereocenters. The molecule has 4 rings (SSSR count). The third-order valence-corrected chi connectivity index (χ3v) is 5.42. The molecule has 0 saturated carbocycles. The zero-order chi connectivity index (χ0) is 18.6. The first kappa shape index (κ1) is 17.8. The molecule has 1 aliphatic heterocycles. The highest BCUT2D eigenvalue weighted by Gasteiger charge is 2.11. The van der Waals surface area contributed by atoms with E-state index < -0.39 is 0 Å². The van der Waals surface area contributed by atoms with E-state index in [4.69, 9.17) is 9.73 Å². The summed E-state index contributed by atoms with van der Waals surface area (Å²) < 4.78 is 7.79. The number of benzene rings is 2. The van der Waals surface area contributed by atoms with Crippen LogP contribution in [0.4, 0.5) is 11.4 Å². The van der Waals surface area contributed by atoms with Crippen molar-refractivity contribution < 1.29 is 4.74 Å². The maximum atomic E-state index is 5.43. The van der Waals surface area contributed by atoms with Gasteiger partial charge in [-0.25, -0.2) is 0 Å². The molecule has 27 heavy (non-hydrogen) atoms. The summed E-state index contributed by atoms with van der Waals surface area (Å²) in [7, 11) is 0. The summed E-state index contributed by atoms with van der Waals surface area (Å²) in [6.45, 7) is 8.01. The lowest BCUT2D eigenvalue weighted by molar-refractivity contribution is 0.122. The summed E-state index contributed by atoms with van der Waals surface area (Å²) in [5, 5.41) is 1.26. The van der Waals surface area contributed by atoms with Crippen molar-refractivity contribution in [1.29, 1.82) is 0 Å². The van der Waals surface area contributed by atoms with Crippen molar-refractivity contribution in [3.8, 4) is 0 Å². The molecule has 0 unspecified atom stereocenters. The number of para-hydroxylation sites is 1. The van der Waals surface area contributed by atoms with Gasteiger partial charge in [-0.3, -0.25) is 4.99 Å². The largest absolute Gasteiger partial charge is 0.378 e. The minimum absolute atomic E-state index is 0.477. The van der Waals surface area contributed by atoms with Gasteiger partial charge in [-0.05, 0) is 43.7 Å². The average Bonchev–Trinajstić information content (AvgIpc) is 3.11. The van der Waals surface area contributed by atoms with Gasteiger partial charge in [0.2, 0.25) is 0 Å². The predicted octanol–water partition coefficient (Wildman–Crippen LogP) is 5.20. The Bertz CT molecular complexity index is 920. The Balaban J connectivity index is 1.57. The van der Waals surface area contributed by atoms with Crippen molar-refractivity contribution in [2.24, 2.45) is 4.99 Å². The van der Waals surface area contributed by atoms with Crippen LogP contribution in [-0.4, -0.2) is 37.1 Å². The zero-order valence-corrected chi connectivity index (χ0v) is 16.1. The second kappa shape index (κ2) is 7.97. The molecule has 2 heterocycles. The zero-order valence-electron chi connectivity index (χ0n) is 16.1. The fourth-order valence-electron chi connectivity index (χ4n) is 3.61. The van der Waals surface area contributed by atoms with Gasteiger partial charge in [0.15, 0.2) is 0 Å². The van der Waals surface area contributed by atoms with Crippen LogP contribution in [-0.2, 0) is 4.74 Å². The highest BCUT2D eigenvalue weighted by molar-refractivity contribution is 6.00. The summed E-state index contributed by atoms with van der Waals surface area (Å²) >= 11 is 0. The maximum absolute atomic E-state index is 5.43. The first-order chi connectivity index (χ1) is 13.3. The van der Waals surface area contributed by atoms with E-state index in [0.29, 0.717) is 6.04 Å². The highest BCUT2D eigenvalue weighted by Crippen LogP contribution is 2.26.